The molecule has 0 heterocycles. The molecule has 0 bridgehead atoms. The summed E-state index contributed by atoms with van der Waals surface area (Å²) >= 11 is 0. The smallest absolute Gasteiger partial charge is 0.313 e. The number of hydrogen-bond donors (Lipinski definition) is 1. The number of nitro groups is 1. The third-order valence-corrected chi connectivity index (χ3v) is 2.28. The van der Waals surface area contributed by atoms with Crippen molar-refractivity contribution in [3.63, 3.8) is 0 Å². The average molecular weight is 252 g/mol. The van der Waals surface area contributed by atoms with Gasteiger partial charge in [0.05, 0.1) is 23.8 Å². The second-order valence-corrected chi connectivity index (χ2v) is 3.50. The van der Waals surface area contributed by atoms with E-state index in [9.17, 15) is 14.5 Å². The lowest BCUT2D eigenvalue weighted by molar-refractivity contribution is -0.385. The van der Waals surface area contributed by atoms with Crippen LogP contribution in [0.5, 0.6) is 5.75 Å². The first kappa shape index (κ1) is 13.8. The number of ether oxygens (including phenoxy) is 1. The summed E-state index contributed by atoms with van der Waals surface area (Å²) in [5.74, 6) is 1.79. The molecule has 0 atom stereocenters. The summed E-state index contributed by atoms with van der Waals surface area (Å²) in [4.78, 5) is 9.97. The largest absolute Gasteiger partial charge is 0.490 e. The number of rotatable bonds is 6. The van der Waals surface area contributed by atoms with Crippen molar-refractivity contribution in [2.75, 3.05) is 19.0 Å². The Balaban J connectivity index is 2.87. The van der Waals surface area contributed by atoms with Gasteiger partial charge in [0.15, 0.2) is 11.6 Å². The molecular formula is C12H13FN2O3. The summed E-state index contributed by atoms with van der Waals surface area (Å²) < 4.78 is 18.4. The van der Waals surface area contributed by atoms with E-state index in [4.69, 9.17) is 11.2 Å². The normalized spacial score (nSPS) is 9.61. The monoisotopic (exact) mass is 252 g/mol. The Bertz CT molecular complexity index is 483. The molecule has 5 nitrogen and oxygen atoms in total. The van der Waals surface area contributed by atoms with E-state index in [0.29, 0.717) is 19.4 Å². The van der Waals surface area contributed by atoms with Crippen LogP contribution >= 0.6 is 0 Å². The number of anilines is 1. The molecule has 0 radical (unpaired) electrons. The van der Waals surface area contributed by atoms with Crippen LogP contribution in [0.4, 0.5) is 15.8 Å². The summed E-state index contributed by atoms with van der Waals surface area (Å²) in [6, 6.07) is 2.10. The molecule has 0 aliphatic heterocycles. The van der Waals surface area contributed by atoms with Gasteiger partial charge in [-0.25, -0.2) is 4.39 Å². The molecule has 0 saturated heterocycles. The first-order valence-corrected chi connectivity index (χ1v) is 5.29. The van der Waals surface area contributed by atoms with Crippen molar-refractivity contribution in [3.8, 4) is 18.1 Å². The van der Waals surface area contributed by atoms with Crippen LogP contribution in [0, 0.1) is 28.3 Å². The molecule has 1 rings (SSSR count). The van der Waals surface area contributed by atoms with E-state index in [1.54, 1.807) is 0 Å². The van der Waals surface area contributed by atoms with E-state index >= 15 is 0 Å². The van der Waals surface area contributed by atoms with Crippen LogP contribution in [-0.2, 0) is 0 Å². The molecule has 0 spiro atoms. The highest BCUT2D eigenvalue weighted by Gasteiger charge is 2.18. The highest BCUT2D eigenvalue weighted by Crippen LogP contribution is 2.32. The van der Waals surface area contributed by atoms with Gasteiger partial charge < -0.3 is 10.1 Å². The summed E-state index contributed by atoms with van der Waals surface area (Å²) in [5.41, 5.74) is -0.237. The van der Waals surface area contributed by atoms with Crippen LogP contribution in [0.15, 0.2) is 12.1 Å². The van der Waals surface area contributed by atoms with Crippen molar-refractivity contribution in [1.29, 1.82) is 0 Å². The zero-order chi connectivity index (χ0) is 13.5. The lowest BCUT2D eigenvalue weighted by Crippen LogP contribution is -2.04. The molecule has 1 N–H and O–H groups in total. The van der Waals surface area contributed by atoms with E-state index in [2.05, 4.69) is 11.2 Å². The minimum atomic E-state index is -0.691. The summed E-state index contributed by atoms with van der Waals surface area (Å²) in [7, 11) is 1.29. The summed E-state index contributed by atoms with van der Waals surface area (Å²) in [6.45, 7) is 0.488. The Labute approximate surface area is 104 Å². The fourth-order valence-corrected chi connectivity index (χ4v) is 1.40. The van der Waals surface area contributed by atoms with Crippen LogP contribution in [-0.4, -0.2) is 18.6 Å². The standard InChI is InChI=1S/C12H13FN2O3/c1-3-4-5-6-14-10-8-12(18-2)11(15(16)17)7-9(10)13/h1,7-8,14H,4-6H2,2H3. The molecule has 1 aromatic carbocycles. The summed E-state index contributed by atoms with van der Waals surface area (Å²) in [5, 5.41) is 13.5. The van der Waals surface area contributed by atoms with E-state index < -0.39 is 16.4 Å². The summed E-state index contributed by atoms with van der Waals surface area (Å²) in [6.07, 6.45) is 6.36. The van der Waals surface area contributed by atoms with Gasteiger partial charge in [-0.2, -0.15) is 0 Å². The lowest BCUT2D eigenvalue weighted by Gasteiger charge is -2.09. The number of hydrogen-bond acceptors (Lipinski definition) is 4. The SMILES string of the molecule is C#CCCCNc1cc(OC)c([N+](=O)[O-])cc1F. The molecule has 18 heavy (non-hydrogen) atoms. The quantitative estimate of drug-likeness (QED) is 0.366. The maximum absolute atomic E-state index is 13.6. The minimum absolute atomic E-state index is 0.0147. The number of halogens is 1. The van der Waals surface area contributed by atoms with Crippen LogP contribution < -0.4 is 10.1 Å². The molecule has 0 amide bonds. The zero-order valence-corrected chi connectivity index (χ0v) is 9.90. The van der Waals surface area contributed by atoms with E-state index in [0.717, 1.165) is 6.07 Å². The Hall–Kier alpha value is -2.29. The average Bonchev–Trinajstić information content (AvgIpc) is 2.35. The van der Waals surface area contributed by atoms with Crippen LogP contribution in [0.25, 0.3) is 0 Å². The number of benzene rings is 1. The lowest BCUT2D eigenvalue weighted by atomic mass is 10.2. The third kappa shape index (κ3) is 3.35. The first-order valence-electron chi connectivity index (χ1n) is 5.29. The van der Waals surface area contributed by atoms with Gasteiger partial charge in [-0.1, -0.05) is 0 Å². The molecule has 6 heteroatoms. The molecule has 0 saturated carbocycles. The maximum Gasteiger partial charge on any atom is 0.313 e. The van der Waals surface area contributed by atoms with Crippen molar-refractivity contribution in [2.24, 2.45) is 0 Å². The molecule has 0 aliphatic rings. The first-order chi connectivity index (χ1) is 8.60. The molecule has 0 aromatic heterocycles. The minimum Gasteiger partial charge on any atom is -0.490 e. The Morgan fingerprint density at radius 3 is 2.89 bits per heavy atom. The molecule has 96 valence electrons. The molecule has 0 aliphatic carbocycles. The van der Waals surface area contributed by atoms with Gasteiger partial charge in [-0.15, -0.1) is 12.3 Å². The Morgan fingerprint density at radius 1 is 1.61 bits per heavy atom. The van der Waals surface area contributed by atoms with Gasteiger partial charge in [0.1, 0.15) is 0 Å². The number of nitrogens with one attached hydrogen (secondary N) is 1. The fraction of sp³-hybridized carbons (Fsp3) is 0.333. The highest BCUT2D eigenvalue weighted by molar-refractivity contribution is 5.59. The van der Waals surface area contributed by atoms with Gasteiger partial charge in [-0.05, 0) is 6.42 Å². The number of methoxy groups -OCH3 is 1. The second kappa shape index (κ2) is 6.45. The van der Waals surface area contributed by atoms with Gasteiger partial charge in [0.2, 0.25) is 0 Å². The Kier molecular flexibility index (Phi) is 4.93. The molecule has 1 aromatic rings. The van der Waals surface area contributed by atoms with Crippen LogP contribution in [0.2, 0.25) is 0 Å². The number of nitrogens with zero attached hydrogens (tertiary/aromatic N) is 1. The maximum atomic E-state index is 13.6. The van der Waals surface area contributed by atoms with Crippen molar-refractivity contribution >= 4 is 11.4 Å². The predicted molar refractivity (Wildman–Crippen MR) is 66.2 cm³/mol. The van der Waals surface area contributed by atoms with Crippen molar-refractivity contribution in [2.45, 2.75) is 12.8 Å². The Morgan fingerprint density at radius 2 is 2.33 bits per heavy atom. The molecule has 0 fully saturated rings. The molecular weight excluding hydrogens is 239 g/mol. The number of unbranched alkanes of at least 4 members (excludes halogenated alkanes) is 1. The second-order valence-electron chi connectivity index (χ2n) is 3.50. The van der Waals surface area contributed by atoms with E-state index in [1.807, 2.05) is 0 Å². The highest BCUT2D eigenvalue weighted by atomic mass is 19.1. The van der Waals surface area contributed by atoms with Crippen LogP contribution in [0.1, 0.15) is 12.8 Å². The van der Waals surface area contributed by atoms with Gasteiger partial charge in [-0.3, -0.25) is 10.1 Å². The van der Waals surface area contributed by atoms with Crippen molar-refractivity contribution in [1.82, 2.24) is 0 Å². The van der Waals surface area contributed by atoms with E-state index in [1.165, 1.54) is 13.2 Å². The van der Waals surface area contributed by atoms with E-state index in [-0.39, 0.29) is 11.4 Å². The topological polar surface area (TPSA) is 64.4 Å². The third-order valence-electron chi connectivity index (χ3n) is 2.28. The van der Waals surface area contributed by atoms with Gasteiger partial charge in [0.25, 0.3) is 0 Å². The zero-order valence-electron chi connectivity index (χ0n) is 9.90. The van der Waals surface area contributed by atoms with Crippen molar-refractivity contribution < 1.29 is 14.1 Å². The van der Waals surface area contributed by atoms with Gasteiger partial charge in [0, 0.05) is 19.0 Å². The predicted octanol–water partition coefficient (Wildman–Crippen LogP) is 2.57. The number of terminal acetylenes is 1. The molecule has 0 unspecified atom stereocenters. The van der Waals surface area contributed by atoms with Crippen molar-refractivity contribution in [3.05, 3.63) is 28.1 Å². The number of nitro benzene ring substituents is 1. The fourth-order valence-electron chi connectivity index (χ4n) is 1.40. The van der Waals surface area contributed by atoms with Crippen LogP contribution in [0.3, 0.4) is 0 Å². The van der Waals surface area contributed by atoms with Gasteiger partial charge >= 0.3 is 5.69 Å².